The molecule has 3 heteroatoms. The molecule has 0 saturated heterocycles. The zero-order chi connectivity index (χ0) is 17.1. The van der Waals surface area contributed by atoms with Crippen molar-refractivity contribution in [3.05, 3.63) is 42.0 Å². The second kappa shape index (κ2) is 5.19. The van der Waals surface area contributed by atoms with Gasteiger partial charge < -0.3 is 9.84 Å². The highest BCUT2D eigenvalue weighted by molar-refractivity contribution is 5.93. The summed E-state index contributed by atoms with van der Waals surface area (Å²) in [6, 6.07) is 6.43. The van der Waals surface area contributed by atoms with Crippen LogP contribution in [-0.2, 0) is 11.2 Å². The largest absolute Gasteiger partial charge is 0.497 e. The third-order valence-electron chi connectivity index (χ3n) is 7.32. The minimum Gasteiger partial charge on any atom is -0.497 e. The highest BCUT2D eigenvalue weighted by Gasteiger charge is 2.64. The Bertz CT molecular complexity index is 709. The highest BCUT2D eigenvalue weighted by Crippen LogP contribution is 2.63. The molecule has 5 atom stereocenters. The summed E-state index contributed by atoms with van der Waals surface area (Å²) in [7, 11) is 1.71. The monoisotopic (exact) mass is 326 g/mol. The lowest BCUT2D eigenvalue weighted by Crippen LogP contribution is -2.51. The second-order valence-electron chi connectivity index (χ2n) is 8.03. The minimum atomic E-state index is -1.34. The molecular weight excluding hydrogens is 300 g/mol. The van der Waals surface area contributed by atoms with Crippen LogP contribution in [0.2, 0.25) is 0 Å². The topological polar surface area (TPSA) is 46.5 Å². The number of aryl methyl sites for hydroxylation is 1. The van der Waals surface area contributed by atoms with Crippen LogP contribution in [0.3, 0.4) is 0 Å². The molecule has 0 radical (unpaired) electrons. The fourth-order valence-corrected chi connectivity index (χ4v) is 5.88. The molecule has 2 fully saturated rings. The van der Waals surface area contributed by atoms with E-state index in [1.54, 1.807) is 7.11 Å². The molecule has 1 N–H and O–H groups in total. The Kier molecular flexibility index (Phi) is 3.44. The number of carbonyl (C=O) groups excluding carboxylic acids is 1. The number of methoxy groups -OCH3 is 1. The standard InChI is InChI=1S/C21H26O3/c1-4-21(23)19(22)12-18-17-7-5-13-11-14(24-3)6-8-15(13)16(17)9-10-20(18,21)2/h4,6,8,11,16-18,23H,1,5,7,9-10,12H2,2-3H3/t16-,17-,18+,20+,21?/m1/s1. The van der Waals surface area contributed by atoms with Gasteiger partial charge in [0.2, 0.25) is 0 Å². The van der Waals surface area contributed by atoms with Crippen LogP contribution in [0.5, 0.6) is 5.75 Å². The number of fused-ring (bicyclic) bond motifs is 5. The molecule has 3 nitrogen and oxygen atoms in total. The average Bonchev–Trinajstić information content (AvgIpc) is 2.81. The van der Waals surface area contributed by atoms with E-state index in [0.717, 1.165) is 31.4 Å². The van der Waals surface area contributed by atoms with E-state index < -0.39 is 5.60 Å². The molecule has 0 aromatic heterocycles. The minimum absolute atomic E-state index is 0.0359. The molecule has 3 aliphatic carbocycles. The van der Waals surface area contributed by atoms with Gasteiger partial charge in [-0.05, 0) is 66.7 Å². The summed E-state index contributed by atoms with van der Waals surface area (Å²) in [5.74, 6) is 2.11. The molecule has 4 rings (SSSR count). The number of carbonyl (C=O) groups is 1. The van der Waals surface area contributed by atoms with E-state index in [2.05, 4.69) is 31.7 Å². The second-order valence-corrected chi connectivity index (χ2v) is 8.03. The molecule has 0 aliphatic heterocycles. The van der Waals surface area contributed by atoms with Gasteiger partial charge in [-0.15, -0.1) is 0 Å². The van der Waals surface area contributed by atoms with Crippen molar-refractivity contribution in [3.8, 4) is 5.75 Å². The first-order valence-electron chi connectivity index (χ1n) is 9.00. The van der Waals surface area contributed by atoms with Gasteiger partial charge in [-0.3, -0.25) is 4.79 Å². The molecule has 0 amide bonds. The summed E-state index contributed by atoms with van der Waals surface area (Å²) in [6.45, 7) is 5.88. The third kappa shape index (κ3) is 1.85. The van der Waals surface area contributed by atoms with Gasteiger partial charge in [0.05, 0.1) is 7.11 Å². The number of aliphatic hydroxyl groups is 1. The lowest BCUT2D eigenvalue weighted by Gasteiger charge is -2.51. The van der Waals surface area contributed by atoms with Crippen molar-refractivity contribution >= 4 is 5.78 Å². The zero-order valence-electron chi connectivity index (χ0n) is 14.5. The van der Waals surface area contributed by atoms with E-state index >= 15 is 0 Å². The van der Waals surface area contributed by atoms with E-state index in [1.807, 2.05) is 0 Å². The quantitative estimate of drug-likeness (QED) is 0.844. The molecule has 0 bridgehead atoms. The van der Waals surface area contributed by atoms with E-state index in [4.69, 9.17) is 4.74 Å². The van der Waals surface area contributed by atoms with E-state index in [1.165, 1.54) is 17.2 Å². The molecule has 3 aliphatic rings. The molecule has 1 aromatic rings. The van der Waals surface area contributed by atoms with Crippen molar-refractivity contribution in [3.63, 3.8) is 0 Å². The molecule has 1 unspecified atom stereocenters. The van der Waals surface area contributed by atoms with Crippen molar-refractivity contribution < 1.29 is 14.6 Å². The van der Waals surface area contributed by atoms with Crippen LogP contribution in [0.25, 0.3) is 0 Å². The Balaban J connectivity index is 1.72. The first-order chi connectivity index (χ1) is 11.4. The highest BCUT2D eigenvalue weighted by atomic mass is 16.5. The van der Waals surface area contributed by atoms with Crippen LogP contribution in [0, 0.1) is 17.3 Å². The summed E-state index contributed by atoms with van der Waals surface area (Å²) in [4.78, 5) is 12.6. The van der Waals surface area contributed by atoms with Crippen LogP contribution in [0.15, 0.2) is 30.9 Å². The maximum atomic E-state index is 12.6. The molecular formula is C21H26O3. The number of Topliss-reactive ketones (excluding diaryl/α,β-unsaturated/α-hetero) is 1. The van der Waals surface area contributed by atoms with Gasteiger partial charge in [-0.1, -0.05) is 25.6 Å². The van der Waals surface area contributed by atoms with E-state index in [0.29, 0.717) is 18.3 Å². The Labute approximate surface area is 143 Å². The number of ether oxygens (including phenoxy) is 1. The van der Waals surface area contributed by atoms with Crippen molar-refractivity contribution in [1.82, 2.24) is 0 Å². The molecule has 0 heterocycles. The summed E-state index contributed by atoms with van der Waals surface area (Å²) in [5.41, 5.74) is 1.11. The number of hydrogen-bond donors (Lipinski definition) is 1. The lowest BCUT2D eigenvalue weighted by molar-refractivity contribution is -0.138. The van der Waals surface area contributed by atoms with Gasteiger partial charge in [0.25, 0.3) is 0 Å². The first-order valence-corrected chi connectivity index (χ1v) is 9.00. The van der Waals surface area contributed by atoms with Gasteiger partial charge in [-0.2, -0.15) is 0 Å². The average molecular weight is 326 g/mol. The van der Waals surface area contributed by atoms with Gasteiger partial charge in [0.1, 0.15) is 11.4 Å². The van der Waals surface area contributed by atoms with Crippen molar-refractivity contribution in [2.45, 2.75) is 50.5 Å². The van der Waals surface area contributed by atoms with Crippen molar-refractivity contribution in [2.75, 3.05) is 7.11 Å². The Morgan fingerprint density at radius 2 is 2.17 bits per heavy atom. The molecule has 0 spiro atoms. The maximum absolute atomic E-state index is 12.6. The van der Waals surface area contributed by atoms with Crippen LogP contribution >= 0.6 is 0 Å². The van der Waals surface area contributed by atoms with Gasteiger partial charge in [0.15, 0.2) is 5.78 Å². The number of benzene rings is 1. The summed E-state index contributed by atoms with van der Waals surface area (Å²) in [5, 5.41) is 11.0. The molecule has 24 heavy (non-hydrogen) atoms. The van der Waals surface area contributed by atoms with Crippen molar-refractivity contribution in [1.29, 1.82) is 0 Å². The summed E-state index contributed by atoms with van der Waals surface area (Å²) in [6.07, 6.45) is 6.01. The van der Waals surface area contributed by atoms with Crippen LogP contribution < -0.4 is 4.74 Å². The van der Waals surface area contributed by atoms with Crippen LogP contribution in [-0.4, -0.2) is 23.6 Å². The fraction of sp³-hybridized carbons (Fsp3) is 0.571. The van der Waals surface area contributed by atoms with E-state index in [-0.39, 0.29) is 17.1 Å². The summed E-state index contributed by atoms with van der Waals surface area (Å²) < 4.78 is 5.37. The van der Waals surface area contributed by atoms with Crippen molar-refractivity contribution in [2.24, 2.45) is 17.3 Å². The normalized spacial score (nSPS) is 40.5. The van der Waals surface area contributed by atoms with Crippen LogP contribution in [0.1, 0.15) is 49.7 Å². The Hall–Kier alpha value is -1.61. The Morgan fingerprint density at radius 1 is 1.38 bits per heavy atom. The summed E-state index contributed by atoms with van der Waals surface area (Å²) >= 11 is 0. The SMILES string of the molecule is C=CC1(O)C(=O)C[C@H]2[C@@H]3CCc4cc(OC)ccc4[C@H]3CC[C@@]21C. The predicted molar refractivity (Wildman–Crippen MR) is 93.1 cm³/mol. The fourth-order valence-electron chi connectivity index (χ4n) is 5.88. The Morgan fingerprint density at radius 3 is 2.88 bits per heavy atom. The number of rotatable bonds is 2. The van der Waals surface area contributed by atoms with Gasteiger partial charge >= 0.3 is 0 Å². The predicted octanol–water partition coefficient (Wildman–Crippen LogP) is 3.65. The maximum Gasteiger partial charge on any atom is 0.169 e. The van der Waals surface area contributed by atoms with Crippen LogP contribution in [0.4, 0.5) is 0 Å². The third-order valence-corrected chi connectivity index (χ3v) is 7.32. The first kappa shape index (κ1) is 15.9. The molecule has 128 valence electrons. The zero-order valence-corrected chi connectivity index (χ0v) is 14.5. The number of hydrogen-bond acceptors (Lipinski definition) is 3. The smallest absolute Gasteiger partial charge is 0.169 e. The lowest BCUT2D eigenvalue weighted by atomic mass is 9.53. The van der Waals surface area contributed by atoms with Gasteiger partial charge in [0, 0.05) is 11.8 Å². The van der Waals surface area contributed by atoms with E-state index in [9.17, 15) is 9.90 Å². The number of ketones is 1. The molecule has 1 aromatic carbocycles. The molecule has 2 saturated carbocycles. The van der Waals surface area contributed by atoms with Gasteiger partial charge in [-0.25, -0.2) is 0 Å².